The fourth-order valence-electron chi connectivity index (χ4n) is 1.83. The van der Waals surface area contributed by atoms with Crippen molar-refractivity contribution in [3.8, 4) is 0 Å². The molecule has 2 aromatic rings. The second kappa shape index (κ2) is 5.69. The van der Waals surface area contributed by atoms with Crippen molar-refractivity contribution in [2.75, 3.05) is 0 Å². The normalized spacial score (nSPS) is 11.5. The van der Waals surface area contributed by atoms with Crippen molar-refractivity contribution in [1.29, 1.82) is 0 Å². The van der Waals surface area contributed by atoms with Crippen molar-refractivity contribution >= 4 is 21.8 Å². The van der Waals surface area contributed by atoms with E-state index in [1.54, 1.807) is 0 Å². The van der Waals surface area contributed by atoms with Gasteiger partial charge in [0.25, 0.3) is 0 Å². The minimum absolute atomic E-state index is 0.133. The van der Waals surface area contributed by atoms with Gasteiger partial charge in [-0.25, -0.2) is 0 Å². The molecular formula is C14H13BrN2O. The van der Waals surface area contributed by atoms with Crippen LogP contribution in [0.5, 0.6) is 0 Å². The lowest BCUT2D eigenvalue weighted by atomic mass is 9.99. The van der Waals surface area contributed by atoms with Crippen LogP contribution in [0.4, 0.5) is 0 Å². The number of benzene rings is 2. The van der Waals surface area contributed by atoms with Crippen molar-refractivity contribution in [3.05, 3.63) is 69.7 Å². The summed E-state index contributed by atoms with van der Waals surface area (Å²) in [5.41, 5.74) is 8.64. The van der Waals surface area contributed by atoms with Crippen LogP contribution in [-0.2, 0) is 6.42 Å². The smallest absolute Gasteiger partial charge is 0.170 e. The average molecular weight is 305 g/mol. The van der Waals surface area contributed by atoms with Gasteiger partial charge in [-0.15, -0.1) is 0 Å². The first kappa shape index (κ1) is 12.6. The Labute approximate surface area is 114 Å². The van der Waals surface area contributed by atoms with Crippen LogP contribution in [0.3, 0.4) is 0 Å². The molecule has 0 bridgehead atoms. The summed E-state index contributed by atoms with van der Waals surface area (Å²) < 4.78 is 0.975. The molecule has 0 radical (unpaired) electrons. The van der Waals surface area contributed by atoms with Gasteiger partial charge >= 0.3 is 0 Å². The van der Waals surface area contributed by atoms with E-state index in [0.717, 1.165) is 22.0 Å². The first-order chi connectivity index (χ1) is 8.70. The maximum Gasteiger partial charge on any atom is 0.170 e. The minimum atomic E-state index is 0.133. The molecule has 0 aliphatic heterocycles. The lowest BCUT2D eigenvalue weighted by Gasteiger charge is -2.09. The fourth-order valence-corrected chi connectivity index (χ4v) is 2.24. The van der Waals surface area contributed by atoms with E-state index in [4.69, 9.17) is 10.9 Å². The zero-order valence-electron chi connectivity index (χ0n) is 9.68. The molecule has 0 saturated carbocycles. The molecule has 0 saturated heterocycles. The Hall–Kier alpha value is -1.81. The molecule has 0 heterocycles. The second-order valence-corrected chi connectivity index (χ2v) is 4.86. The van der Waals surface area contributed by atoms with Gasteiger partial charge in [-0.3, -0.25) is 0 Å². The third kappa shape index (κ3) is 2.90. The molecule has 92 valence electrons. The van der Waals surface area contributed by atoms with Crippen LogP contribution < -0.4 is 5.73 Å². The van der Waals surface area contributed by atoms with Gasteiger partial charge in [-0.05, 0) is 35.7 Å². The van der Waals surface area contributed by atoms with Gasteiger partial charge in [0, 0.05) is 10.0 Å². The van der Waals surface area contributed by atoms with Gasteiger partial charge in [0.05, 0.1) is 0 Å². The summed E-state index contributed by atoms with van der Waals surface area (Å²) >= 11 is 3.44. The summed E-state index contributed by atoms with van der Waals surface area (Å²) in [5.74, 6) is 0.133. The SMILES string of the molecule is NC(=NO)c1ccc(Br)cc1Cc1ccccc1. The molecule has 0 spiro atoms. The van der Waals surface area contributed by atoms with Gasteiger partial charge in [-0.2, -0.15) is 0 Å². The second-order valence-electron chi connectivity index (χ2n) is 3.95. The summed E-state index contributed by atoms with van der Waals surface area (Å²) in [6.45, 7) is 0. The van der Waals surface area contributed by atoms with Crippen LogP contribution in [0.25, 0.3) is 0 Å². The Kier molecular flexibility index (Phi) is 3.99. The molecule has 2 aromatic carbocycles. The van der Waals surface area contributed by atoms with E-state index in [9.17, 15) is 0 Å². The number of nitrogens with zero attached hydrogens (tertiary/aromatic N) is 1. The standard InChI is InChI=1S/C14H13BrN2O/c15-12-6-7-13(14(16)17-18)11(9-12)8-10-4-2-1-3-5-10/h1-7,9,18H,8H2,(H2,16,17). The first-order valence-corrected chi connectivity index (χ1v) is 6.30. The fraction of sp³-hybridized carbons (Fsp3) is 0.0714. The Morgan fingerprint density at radius 3 is 2.56 bits per heavy atom. The lowest BCUT2D eigenvalue weighted by Crippen LogP contribution is -2.15. The number of rotatable bonds is 3. The van der Waals surface area contributed by atoms with Crippen LogP contribution in [0, 0.1) is 0 Å². The monoisotopic (exact) mass is 304 g/mol. The quantitative estimate of drug-likeness (QED) is 0.396. The van der Waals surface area contributed by atoms with Crippen LogP contribution >= 0.6 is 15.9 Å². The molecule has 3 N–H and O–H groups in total. The van der Waals surface area contributed by atoms with Crippen molar-refractivity contribution in [2.24, 2.45) is 10.9 Å². The van der Waals surface area contributed by atoms with Crippen molar-refractivity contribution in [2.45, 2.75) is 6.42 Å². The Bertz CT molecular complexity index is 567. The predicted molar refractivity (Wildman–Crippen MR) is 75.9 cm³/mol. The zero-order chi connectivity index (χ0) is 13.0. The number of oxime groups is 1. The molecule has 0 aliphatic rings. The highest BCUT2D eigenvalue weighted by molar-refractivity contribution is 9.10. The van der Waals surface area contributed by atoms with E-state index in [2.05, 4.69) is 33.2 Å². The molecular weight excluding hydrogens is 292 g/mol. The van der Waals surface area contributed by atoms with Gasteiger partial charge in [0.1, 0.15) is 0 Å². The third-order valence-corrected chi connectivity index (χ3v) is 3.18. The molecule has 0 atom stereocenters. The summed E-state index contributed by atoms with van der Waals surface area (Å²) in [5, 5.41) is 11.9. The van der Waals surface area contributed by atoms with E-state index in [-0.39, 0.29) is 5.84 Å². The maximum atomic E-state index is 8.80. The number of amidine groups is 1. The minimum Gasteiger partial charge on any atom is -0.409 e. The van der Waals surface area contributed by atoms with Gasteiger partial charge < -0.3 is 10.9 Å². The highest BCUT2D eigenvalue weighted by Crippen LogP contribution is 2.19. The maximum absolute atomic E-state index is 8.80. The lowest BCUT2D eigenvalue weighted by molar-refractivity contribution is 0.318. The van der Waals surface area contributed by atoms with Crippen LogP contribution in [-0.4, -0.2) is 11.0 Å². The molecule has 0 fully saturated rings. The molecule has 4 heteroatoms. The van der Waals surface area contributed by atoms with E-state index >= 15 is 0 Å². The van der Waals surface area contributed by atoms with E-state index in [1.807, 2.05) is 36.4 Å². The number of halogens is 1. The summed E-state index contributed by atoms with van der Waals surface area (Å²) in [6.07, 6.45) is 0.742. The van der Waals surface area contributed by atoms with E-state index in [0.29, 0.717) is 0 Å². The van der Waals surface area contributed by atoms with Crippen LogP contribution in [0.2, 0.25) is 0 Å². The zero-order valence-corrected chi connectivity index (χ0v) is 11.3. The first-order valence-electron chi connectivity index (χ1n) is 5.51. The Morgan fingerprint density at radius 2 is 1.89 bits per heavy atom. The van der Waals surface area contributed by atoms with Gasteiger partial charge in [0.2, 0.25) is 0 Å². The summed E-state index contributed by atoms with van der Waals surface area (Å²) in [4.78, 5) is 0. The number of hydrogen-bond donors (Lipinski definition) is 2. The molecule has 0 aromatic heterocycles. The highest BCUT2D eigenvalue weighted by atomic mass is 79.9. The molecule has 0 aliphatic carbocycles. The summed E-state index contributed by atoms with van der Waals surface area (Å²) in [6, 6.07) is 15.8. The third-order valence-electron chi connectivity index (χ3n) is 2.69. The van der Waals surface area contributed by atoms with Crippen molar-refractivity contribution in [1.82, 2.24) is 0 Å². The Morgan fingerprint density at radius 1 is 1.17 bits per heavy atom. The highest BCUT2D eigenvalue weighted by Gasteiger charge is 2.08. The van der Waals surface area contributed by atoms with Gasteiger partial charge in [-0.1, -0.05) is 51.4 Å². The summed E-state index contributed by atoms with van der Waals surface area (Å²) in [7, 11) is 0. The van der Waals surface area contributed by atoms with E-state index < -0.39 is 0 Å². The average Bonchev–Trinajstić information content (AvgIpc) is 2.39. The molecule has 2 rings (SSSR count). The topological polar surface area (TPSA) is 58.6 Å². The largest absolute Gasteiger partial charge is 0.409 e. The van der Waals surface area contributed by atoms with E-state index in [1.165, 1.54) is 5.56 Å². The molecule has 18 heavy (non-hydrogen) atoms. The number of hydrogen-bond acceptors (Lipinski definition) is 2. The molecule has 0 amide bonds. The molecule has 0 unspecified atom stereocenters. The van der Waals surface area contributed by atoms with Crippen LogP contribution in [0.1, 0.15) is 16.7 Å². The number of nitrogens with two attached hydrogens (primary N) is 1. The predicted octanol–water partition coefficient (Wildman–Crippen LogP) is 3.13. The van der Waals surface area contributed by atoms with Gasteiger partial charge in [0.15, 0.2) is 5.84 Å². The van der Waals surface area contributed by atoms with Crippen LogP contribution in [0.15, 0.2) is 58.2 Å². The van der Waals surface area contributed by atoms with Crippen molar-refractivity contribution in [3.63, 3.8) is 0 Å². The van der Waals surface area contributed by atoms with Crippen molar-refractivity contribution < 1.29 is 5.21 Å². The Balaban J connectivity index is 2.40. The molecule has 3 nitrogen and oxygen atoms in total.